The minimum atomic E-state index is -4.02. The van der Waals surface area contributed by atoms with E-state index in [2.05, 4.69) is 26.2 Å². The van der Waals surface area contributed by atoms with Crippen LogP contribution in [0.1, 0.15) is 0 Å². The molecule has 26 heavy (non-hydrogen) atoms. The molecule has 0 bridgehead atoms. The van der Waals surface area contributed by atoms with Gasteiger partial charge in [-0.2, -0.15) is 0 Å². The van der Waals surface area contributed by atoms with E-state index in [0.717, 1.165) is 5.56 Å². The van der Waals surface area contributed by atoms with Gasteiger partial charge in [0.25, 0.3) is 10.0 Å². The Morgan fingerprint density at radius 2 is 1.73 bits per heavy atom. The summed E-state index contributed by atoms with van der Waals surface area (Å²) in [4.78, 5) is 16.5. The van der Waals surface area contributed by atoms with E-state index >= 15 is 0 Å². The fraction of sp³-hybridized carbons (Fsp3) is 0. The molecule has 0 unspecified atom stereocenters. The molecule has 0 atom stereocenters. The first-order chi connectivity index (χ1) is 12.3. The van der Waals surface area contributed by atoms with Crippen LogP contribution in [0.5, 0.6) is 0 Å². The van der Waals surface area contributed by atoms with Crippen molar-refractivity contribution in [1.82, 2.24) is 9.71 Å². The molecule has 0 aliphatic carbocycles. The van der Waals surface area contributed by atoms with E-state index in [1.54, 1.807) is 0 Å². The molecule has 0 saturated heterocycles. The summed E-state index contributed by atoms with van der Waals surface area (Å²) < 4.78 is 27.1. The highest BCUT2D eigenvalue weighted by atomic mass is 79.9. The molecule has 2 amide bonds. The summed E-state index contributed by atoms with van der Waals surface area (Å²) in [6.45, 7) is 0. The molecule has 3 rings (SSSR count). The van der Waals surface area contributed by atoms with E-state index in [1.165, 1.54) is 35.6 Å². The molecular formula is C16H11BrClN3O3S2. The van der Waals surface area contributed by atoms with Gasteiger partial charge in [0.15, 0.2) is 3.92 Å². The fourth-order valence-corrected chi connectivity index (χ4v) is 4.50. The monoisotopic (exact) mass is 471 g/mol. The average molecular weight is 473 g/mol. The Morgan fingerprint density at radius 1 is 1.08 bits per heavy atom. The van der Waals surface area contributed by atoms with E-state index in [1.807, 2.05) is 35.1 Å². The number of thiazole rings is 1. The van der Waals surface area contributed by atoms with Crippen LogP contribution in [0.4, 0.5) is 9.80 Å². The van der Waals surface area contributed by atoms with Crippen molar-refractivity contribution in [2.45, 2.75) is 4.90 Å². The Morgan fingerprint density at radius 3 is 2.38 bits per heavy atom. The number of hydrogen-bond acceptors (Lipinski definition) is 5. The zero-order valence-corrected chi connectivity index (χ0v) is 16.9. The number of hydrogen-bond donors (Lipinski definition) is 2. The van der Waals surface area contributed by atoms with Crippen LogP contribution in [0, 0.1) is 0 Å². The standard InChI is InChI=1S/C16H11BrClN3O3S2/c17-15-19-13(10-4-2-1-3-5-10)14(25-15)20-16(22)21-26(23,24)12-8-6-11(18)7-9-12/h1-9H,(H2,20,21,22). The molecule has 0 aliphatic heterocycles. The zero-order chi connectivity index (χ0) is 18.7. The van der Waals surface area contributed by atoms with Crippen molar-refractivity contribution >= 4 is 59.9 Å². The number of sulfonamides is 1. The number of aromatic nitrogens is 1. The summed E-state index contributed by atoms with van der Waals surface area (Å²) in [7, 11) is -4.02. The first-order valence-electron chi connectivity index (χ1n) is 7.16. The van der Waals surface area contributed by atoms with Gasteiger partial charge in [0.2, 0.25) is 0 Å². The Kier molecular flexibility index (Phi) is 5.61. The molecule has 0 spiro atoms. The van der Waals surface area contributed by atoms with Gasteiger partial charge in [-0.15, -0.1) is 0 Å². The van der Waals surface area contributed by atoms with Gasteiger partial charge in [-0.25, -0.2) is 22.9 Å². The predicted molar refractivity (Wildman–Crippen MR) is 106 cm³/mol. The molecule has 1 heterocycles. The van der Waals surface area contributed by atoms with E-state index < -0.39 is 16.1 Å². The second-order valence-corrected chi connectivity index (χ2v) is 9.42. The van der Waals surface area contributed by atoms with E-state index in [4.69, 9.17) is 11.6 Å². The van der Waals surface area contributed by atoms with Crippen LogP contribution >= 0.6 is 38.9 Å². The number of carbonyl (C=O) groups is 1. The van der Waals surface area contributed by atoms with Crippen molar-refractivity contribution in [3.8, 4) is 11.3 Å². The van der Waals surface area contributed by atoms with E-state index in [9.17, 15) is 13.2 Å². The van der Waals surface area contributed by atoms with Crippen molar-refractivity contribution in [2.24, 2.45) is 0 Å². The van der Waals surface area contributed by atoms with Crippen LogP contribution in [0.3, 0.4) is 0 Å². The van der Waals surface area contributed by atoms with Gasteiger partial charge >= 0.3 is 6.03 Å². The van der Waals surface area contributed by atoms with Gasteiger partial charge < -0.3 is 0 Å². The summed E-state index contributed by atoms with van der Waals surface area (Å²) in [6, 6.07) is 13.9. The highest BCUT2D eigenvalue weighted by Crippen LogP contribution is 2.35. The van der Waals surface area contributed by atoms with Gasteiger partial charge in [-0.05, 0) is 40.2 Å². The van der Waals surface area contributed by atoms with Crippen LogP contribution in [-0.4, -0.2) is 19.4 Å². The molecule has 2 N–H and O–H groups in total. The van der Waals surface area contributed by atoms with E-state index in [0.29, 0.717) is 19.6 Å². The quantitative estimate of drug-likeness (QED) is 0.574. The molecule has 2 aromatic carbocycles. The fourth-order valence-electron chi connectivity index (χ4n) is 2.09. The molecule has 0 aliphatic rings. The minimum absolute atomic E-state index is 0.0641. The maximum Gasteiger partial charge on any atom is 0.333 e. The van der Waals surface area contributed by atoms with Crippen molar-refractivity contribution in [3.63, 3.8) is 0 Å². The molecule has 3 aromatic rings. The Balaban J connectivity index is 1.80. The summed E-state index contributed by atoms with van der Waals surface area (Å²) in [6.07, 6.45) is 0. The average Bonchev–Trinajstić information content (AvgIpc) is 2.95. The summed E-state index contributed by atoms with van der Waals surface area (Å²) in [5.41, 5.74) is 1.34. The zero-order valence-electron chi connectivity index (χ0n) is 12.9. The van der Waals surface area contributed by atoms with Gasteiger partial charge in [0.05, 0.1) is 4.90 Å². The topological polar surface area (TPSA) is 88.2 Å². The molecule has 10 heteroatoms. The van der Waals surface area contributed by atoms with Crippen LogP contribution in [0.25, 0.3) is 11.3 Å². The third-order valence-electron chi connectivity index (χ3n) is 3.23. The largest absolute Gasteiger partial charge is 0.333 e. The summed E-state index contributed by atoms with van der Waals surface area (Å²) in [5, 5.41) is 3.36. The lowest BCUT2D eigenvalue weighted by molar-refractivity contribution is 0.256. The number of nitrogens with zero attached hydrogens (tertiary/aromatic N) is 1. The Hall–Kier alpha value is -1.94. The Labute approximate surface area is 167 Å². The lowest BCUT2D eigenvalue weighted by atomic mass is 10.2. The van der Waals surface area contributed by atoms with Crippen molar-refractivity contribution in [2.75, 3.05) is 5.32 Å². The number of rotatable bonds is 4. The van der Waals surface area contributed by atoms with Crippen molar-refractivity contribution in [1.29, 1.82) is 0 Å². The van der Waals surface area contributed by atoms with Gasteiger partial charge in [0, 0.05) is 10.6 Å². The first kappa shape index (κ1) is 18.8. The molecule has 134 valence electrons. The SMILES string of the molecule is O=C(Nc1sc(Br)nc1-c1ccccc1)NS(=O)(=O)c1ccc(Cl)cc1. The van der Waals surface area contributed by atoms with Gasteiger partial charge in [-0.1, -0.05) is 53.3 Å². The third-order valence-corrected chi connectivity index (χ3v) is 6.25. The number of anilines is 1. The molecule has 0 saturated carbocycles. The lowest BCUT2D eigenvalue weighted by Gasteiger charge is -2.08. The molecule has 6 nitrogen and oxygen atoms in total. The second-order valence-electron chi connectivity index (χ2n) is 5.02. The number of halogens is 2. The number of benzene rings is 2. The van der Waals surface area contributed by atoms with Gasteiger partial charge in [-0.3, -0.25) is 5.32 Å². The number of urea groups is 1. The summed E-state index contributed by atoms with van der Waals surface area (Å²) >= 11 is 10.2. The molecule has 0 fully saturated rings. The smallest absolute Gasteiger partial charge is 0.297 e. The second kappa shape index (κ2) is 7.75. The first-order valence-corrected chi connectivity index (χ1v) is 10.6. The maximum atomic E-state index is 12.3. The van der Waals surface area contributed by atoms with Crippen LogP contribution in [0.15, 0.2) is 63.4 Å². The van der Waals surface area contributed by atoms with Crippen molar-refractivity contribution < 1.29 is 13.2 Å². The highest BCUT2D eigenvalue weighted by Gasteiger charge is 2.20. The van der Waals surface area contributed by atoms with Gasteiger partial charge in [0.1, 0.15) is 10.7 Å². The van der Waals surface area contributed by atoms with Crippen LogP contribution in [-0.2, 0) is 10.0 Å². The number of carbonyl (C=O) groups excluding carboxylic acids is 1. The van der Waals surface area contributed by atoms with Crippen molar-refractivity contribution in [3.05, 3.63) is 63.5 Å². The number of amides is 2. The third kappa shape index (κ3) is 4.42. The van der Waals surface area contributed by atoms with E-state index in [-0.39, 0.29) is 4.90 Å². The minimum Gasteiger partial charge on any atom is -0.297 e. The summed E-state index contributed by atoms with van der Waals surface area (Å²) in [5.74, 6) is 0. The van der Waals surface area contributed by atoms with Crippen LogP contribution in [0.2, 0.25) is 5.02 Å². The molecular weight excluding hydrogens is 462 g/mol. The predicted octanol–water partition coefficient (Wildman–Crippen LogP) is 4.74. The lowest BCUT2D eigenvalue weighted by Crippen LogP contribution is -2.34. The Bertz CT molecular complexity index is 1040. The van der Waals surface area contributed by atoms with Crippen LogP contribution < -0.4 is 10.0 Å². The molecule has 1 aromatic heterocycles. The maximum absolute atomic E-state index is 12.3. The highest BCUT2D eigenvalue weighted by molar-refractivity contribution is 9.11. The molecule has 0 radical (unpaired) electrons. The normalized spacial score (nSPS) is 11.2. The number of nitrogens with one attached hydrogen (secondary N) is 2.